The van der Waals surface area contributed by atoms with E-state index in [1.165, 1.54) is 0 Å². The maximum atomic E-state index is 11.1. The monoisotopic (exact) mass is 292 g/mol. The number of nitrogens with zero attached hydrogens (tertiary/aromatic N) is 2. The van der Waals surface area contributed by atoms with E-state index in [0.29, 0.717) is 17.1 Å². The predicted octanol–water partition coefficient (Wildman–Crippen LogP) is 2.66. The highest BCUT2D eigenvalue weighted by Crippen LogP contribution is 2.21. The van der Waals surface area contributed by atoms with E-state index in [1.54, 1.807) is 24.4 Å². The van der Waals surface area contributed by atoms with E-state index in [2.05, 4.69) is 17.3 Å². The molecule has 0 aliphatic rings. The molecule has 0 saturated carbocycles. The molecule has 1 aromatic carbocycles. The fraction of sp³-hybridized carbons (Fsp3) is 0.286. The minimum Gasteiger partial charge on any atom is -0.379 e. The Morgan fingerprint density at radius 1 is 1.45 bits per heavy atom. The van der Waals surface area contributed by atoms with Gasteiger partial charge in [-0.1, -0.05) is 18.5 Å². The second-order valence-electron chi connectivity index (χ2n) is 4.46. The van der Waals surface area contributed by atoms with Gasteiger partial charge in [-0.2, -0.15) is 5.10 Å². The van der Waals surface area contributed by atoms with E-state index in [1.807, 2.05) is 10.7 Å². The number of hydrogen-bond donors (Lipinski definition) is 2. The van der Waals surface area contributed by atoms with E-state index in [-0.39, 0.29) is 0 Å². The summed E-state index contributed by atoms with van der Waals surface area (Å²) in [4.78, 5) is 11.1. The summed E-state index contributed by atoms with van der Waals surface area (Å²) in [6, 6.07) is 7.08. The van der Waals surface area contributed by atoms with E-state index >= 15 is 0 Å². The molecule has 5 nitrogen and oxygen atoms in total. The lowest BCUT2D eigenvalue weighted by Gasteiger charge is -2.10. The number of carbonyl (C=O) groups is 1. The van der Waals surface area contributed by atoms with Gasteiger partial charge in [0.15, 0.2) is 0 Å². The molecular weight excluding hydrogens is 276 g/mol. The average molecular weight is 293 g/mol. The van der Waals surface area contributed by atoms with Gasteiger partial charge < -0.3 is 11.1 Å². The molecule has 0 spiro atoms. The summed E-state index contributed by atoms with van der Waals surface area (Å²) in [7, 11) is 0. The van der Waals surface area contributed by atoms with E-state index in [4.69, 9.17) is 17.3 Å². The number of benzene rings is 1. The molecule has 0 unspecified atom stereocenters. The zero-order valence-corrected chi connectivity index (χ0v) is 12.0. The number of aromatic nitrogens is 2. The lowest BCUT2D eigenvalue weighted by Crippen LogP contribution is -2.12. The lowest BCUT2D eigenvalue weighted by atomic mass is 10.2. The van der Waals surface area contributed by atoms with Crippen molar-refractivity contribution in [2.24, 2.45) is 5.73 Å². The minimum atomic E-state index is -0.525. The average Bonchev–Trinajstić information content (AvgIpc) is 2.84. The van der Waals surface area contributed by atoms with Crippen LogP contribution >= 0.6 is 11.6 Å². The molecule has 2 rings (SSSR count). The largest absolute Gasteiger partial charge is 0.379 e. The topological polar surface area (TPSA) is 72.9 Å². The highest BCUT2D eigenvalue weighted by Gasteiger charge is 2.07. The number of primary amides is 1. The van der Waals surface area contributed by atoms with Gasteiger partial charge in [-0.25, -0.2) is 0 Å². The molecule has 1 amide bonds. The minimum absolute atomic E-state index is 0.327. The highest BCUT2D eigenvalue weighted by molar-refractivity contribution is 6.34. The predicted molar refractivity (Wildman–Crippen MR) is 79.8 cm³/mol. The second-order valence-corrected chi connectivity index (χ2v) is 4.87. The smallest absolute Gasteiger partial charge is 0.250 e. The molecule has 2 aromatic rings. The molecule has 0 saturated heterocycles. The van der Waals surface area contributed by atoms with Crippen molar-refractivity contribution in [3.8, 4) is 0 Å². The summed E-state index contributed by atoms with van der Waals surface area (Å²) in [6.07, 6.45) is 2.82. The number of aryl methyl sites for hydroxylation is 1. The van der Waals surface area contributed by atoms with E-state index in [0.717, 1.165) is 24.3 Å². The summed E-state index contributed by atoms with van der Waals surface area (Å²) >= 11 is 6.01. The summed E-state index contributed by atoms with van der Waals surface area (Å²) < 4.78 is 1.96. The molecule has 1 heterocycles. The lowest BCUT2D eigenvalue weighted by molar-refractivity contribution is 0.100. The second kappa shape index (κ2) is 6.43. The maximum absolute atomic E-state index is 11.1. The number of anilines is 1. The third kappa shape index (κ3) is 3.30. The van der Waals surface area contributed by atoms with Crippen molar-refractivity contribution in [3.63, 3.8) is 0 Å². The van der Waals surface area contributed by atoms with Gasteiger partial charge in [0.25, 0.3) is 0 Å². The molecule has 3 N–H and O–H groups in total. The van der Waals surface area contributed by atoms with Crippen molar-refractivity contribution < 1.29 is 4.79 Å². The molecule has 1 aromatic heterocycles. The Kier molecular flexibility index (Phi) is 4.63. The number of amides is 1. The first-order chi connectivity index (χ1) is 9.61. The van der Waals surface area contributed by atoms with Crippen LogP contribution in [0.2, 0.25) is 5.02 Å². The SMILES string of the molecule is CCCn1nccc1CNc1ccc(C(N)=O)c(Cl)c1. The third-order valence-electron chi connectivity index (χ3n) is 2.95. The number of nitrogens with one attached hydrogen (secondary N) is 1. The first-order valence-corrected chi connectivity index (χ1v) is 6.83. The van der Waals surface area contributed by atoms with Crippen molar-refractivity contribution >= 4 is 23.2 Å². The van der Waals surface area contributed by atoms with Crippen molar-refractivity contribution in [1.82, 2.24) is 9.78 Å². The molecule has 0 aliphatic heterocycles. The van der Waals surface area contributed by atoms with Crippen LogP contribution in [-0.2, 0) is 13.1 Å². The Bertz CT molecular complexity index is 609. The van der Waals surface area contributed by atoms with Crippen LogP contribution in [0.15, 0.2) is 30.5 Å². The van der Waals surface area contributed by atoms with E-state index < -0.39 is 5.91 Å². The Balaban J connectivity index is 2.05. The van der Waals surface area contributed by atoms with Crippen LogP contribution in [0.25, 0.3) is 0 Å². The molecule has 0 bridgehead atoms. The zero-order chi connectivity index (χ0) is 14.5. The third-order valence-corrected chi connectivity index (χ3v) is 3.26. The molecule has 0 radical (unpaired) electrons. The molecular formula is C14H17ClN4O. The van der Waals surface area contributed by atoms with Crippen LogP contribution in [0.3, 0.4) is 0 Å². The standard InChI is InChI=1S/C14H17ClN4O/c1-2-7-19-11(5-6-18-19)9-17-10-3-4-12(14(16)20)13(15)8-10/h3-6,8,17H,2,7,9H2,1H3,(H2,16,20). The summed E-state index contributed by atoms with van der Waals surface area (Å²) in [5, 5.41) is 7.87. The molecule has 0 atom stereocenters. The van der Waals surface area contributed by atoms with Crippen LogP contribution in [0.5, 0.6) is 0 Å². The first-order valence-electron chi connectivity index (χ1n) is 6.45. The Hall–Kier alpha value is -2.01. The van der Waals surface area contributed by atoms with Crippen LogP contribution in [0.4, 0.5) is 5.69 Å². The fourth-order valence-electron chi connectivity index (χ4n) is 1.94. The highest BCUT2D eigenvalue weighted by atomic mass is 35.5. The number of rotatable bonds is 6. The van der Waals surface area contributed by atoms with Crippen molar-refractivity contribution in [3.05, 3.63) is 46.7 Å². The molecule has 6 heteroatoms. The fourth-order valence-corrected chi connectivity index (χ4v) is 2.21. The Morgan fingerprint density at radius 3 is 2.90 bits per heavy atom. The quantitative estimate of drug-likeness (QED) is 0.859. The molecule has 0 fully saturated rings. The molecule has 106 valence electrons. The normalized spacial score (nSPS) is 10.5. The van der Waals surface area contributed by atoms with Crippen LogP contribution in [-0.4, -0.2) is 15.7 Å². The van der Waals surface area contributed by atoms with Crippen molar-refractivity contribution in [2.45, 2.75) is 26.4 Å². The van der Waals surface area contributed by atoms with Gasteiger partial charge in [-0.3, -0.25) is 9.48 Å². The van der Waals surface area contributed by atoms with Crippen LogP contribution < -0.4 is 11.1 Å². The molecule has 20 heavy (non-hydrogen) atoms. The van der Waals surface area contributed by atoms with Crippen molar-refractivity contribution in [2.75, 3.05) is 5.32 Å². The van der Waals surface area contributed by atoms with Gasteiger partial charge in [-0.05, 0) is 30.7 Å². The van der Waals surface area contributed by atoms with Crippen LogP contribution in [0, 0.1) is 0 Å². The summed E-state index contributed by atoms with van der Waals surface area (Å²) in [5.41, 5.74) is 7.48. The number of hydrogen-bond acceptors (Lipinski definition) is 3. The summed E-state index contributed by atoms with van der Waals surface area (Å²) in [5.74, 6) is -0.525. The zero-order valence-electron chi connectivity index (χ0n) is 11.3. The summed E-state index contributed by atoms with van der Waals surface area (Å²) in [6.45, 7) is 3.65. The van der Waals surface area contributed by atoms with Gasteiger partial charge >= 0.3 is 0 Å². The maximum Gasteiger partial charge on any atom is 0.250 e. The number of nitrogens with two attached hydrogens (primary N) is 1. The van der Waals surface area contributed by atoms with Gasteiger partial charge in [0, 0.05) is 18.4 Å². The van der Waals surface area contributed by atoms with Crippen LogP contribution in [0.1, 0.15) is 29.4 Å². The van der Waals surface area contributed by atoms with Gasteiger partial charge in [0.1, 0.15) is 0 Å². The number of halogens is 1. The Labute approximate surface area is 122 Å². The molecule has 0 aliphatic carbocycles. The van der Waals surface area contributed by atoms with Gasteiger partial charge in [0.2, 0.25) is 5.91 Å². The van der Waals surface area contributed by atoms with Gasteiger partial charge in [0.05, 0.1) is 22.8 Å². The van der Waals surface area contributed by atoms with Gasteiger partial charge in [-0.15, -0.1) is 0 Å². The number of carbonyl (C=O) groups excluding carboxylic acids is 1. The van der Waals surface area contributed by atoms with Crippen molar-refractivity contribution in [1.29, 1.82) is 0 Å². The first kappa shape index (κ1) is 14.4. The van der Waals surface area contributed by atoms with E-state index in [9.17, 15) is 4.79 Å². The Morgan fingerprint density at radius 2 is 2.25 bits per heavy atom.